The summed E-state index contributed by atoms with van der Waals surface area (Å²) in [5.74, 6) is 0. The second kappa shape index (κ2) is 3.52. The third-order valence-electron chi connectivity index (χ3n) is 2.19. The smallest absolute Gasteiger partial charge is 0.130 e. The molecule has 0 bridgehead atoms. The first-order valence-electron chi connectivity index (χ1n) is 4.31. The van der Waals surface area contributed by atoms with Crippen LogP contribution in [0.25, 0.3) is 10.9 Å². The average molecular weight is 271 g/mol. The molecule has 1 aromatic heterocycles. The highest BCUT2D eigenvalue weighted by Crippen LogP contribution is 2.28. The first-order valence-corrected chi connectivity index (χ1v) is 5.48. The maximum Gasteiger partial charge on any atom is 0.130 e. The third kappa shape index (κ3) is 1.64. The predicted octanol–water partition coefficient (Wildman–Crippen LogP) is 4.27. The highest BCUT2D eigenvalue weighted by Gasteiger charge is 2.05. The number of hydrogen-bond donors (Lipinski definition) is 0. The molecule has 0 spiro atoms. The van der Waals surface area contributed by atoms with Crippen LogP contribution in [0.4, 0.5) is 0 Å². The third-order valence-corrected chi connectivity index (χ3v) is 2.98. The van der Waals surface area contributed by atoms with Crippen LogP contribution in [-0.4, -0.2) is 4.98 Å². The first-order chi connectivity index (χ1) is 6.58. The Kier molecular flexibility index (Phi) is 2.50. The summed E-state index contributed by atoms with van der Waals surface area (Å²) < 4.78 is 0.998. The fourth-order valence-electron chi connectivity index (χ4n) is 1.54. The highest BCUT2D eigenvalue weighted by atomic mass is 79.9. The second-order valence-corrected chi connectivity index (χ2v) is 4.65. The van der Waals surface area contributed by atoms with Crippen LogP contribution in [0.3, 0.4) is 0 Å². The van der Waals surface area contributed by atoms with E-state index in [4.69, 9.17) is 11.6 Å². The summed E-state index contributed by atoms with van der Waals surface area (Å²) in [5.41, 5.74) is 3.31. The van der Waals surface area contributed by atoms with Gasteiger partial charge in [0, 0.05) is 9.86 Å². The number of aryl methyl sites for hydroxylation is 2. The summed E-state index contributed by atoms with van der Waals surface area (Å²) in [6, 6.07) is 6.06. The van der Waals surface area contributed by atoms with Crippen molar-refractivity contribution >= 4 is 38.4 Å². The molecule has 2 aromatic rings. The van der Waals surface area contributed by atoms with Gasteiger partial charge in [-0.25, -0.2) is 4.98 Å². The van der Waals surface area contributed by atoms with E-state index in [-0.39, 0.29) is 0 Å². The number of hydrogen-bond acceptors (Lipinski definition) is 1. The van der Waals surface area contributed by atoms with Crippen molar-refractivity contribution in [2.24, 2.45) is 0 Å². The molecule has 0 unspecified atom stereocenters. The minimum absolute atomic E-state index is 0.541. The van der Waals surface area contributed by atoms with Crippen LogP contribution in [0.15, 0.2) is 22.7 Å². The number of fused-ring (bicyclic) bond motifs is 1. The van der Waals surface area contributed by atoms with E-state index in [2.05, 4.69) is 33.9 Å². The lowest BCUT2D eigenvalue weighted by molar-refractivity contribution is 1.34. The molecule has 0 atom stereocenters. The maximum absolute atomic E-state index is 5.90. The molecule has 72 valence electrons. The molecule has 0 fully saturated rings. The van der Waals surface area contributed by atoms with Crippen molar-refractivity contribution < 1.29 is 0 Å². The molecule has 14 heavy (non-hydrogen) atoms. The summed E-state index contributed by atoms with van der Waals surface area (Å²) in [5, 5.41) is 1.70. The average Bonchev–Trinajstić information content (AvgIpc) is 2.07. The Morgan fingerprint density at radius 2 is 1.93 bits per heavy atom. The largest absolute Gasteiger partial charge is 0.235 e. The van der Waals surface area contributed by atoms with Gasteiger partial charge in [-0.3, -0.25) is 0 Å². The highest BCUT2D eigenvalue weighted by molar-refractivity contribution is 9.10. The van der Waals surface area contributed by atoms with Crippen LogP contribution < -0.4 is 0 Å². The Hall–Kier alpha value is -0.600. The Morgan fingerprint density at radius 1 is 1.21 bits per heavy atom. The van der Waals surface area contributed by atoms with Crippen molar-refractivity contribution in [3.8, 4) is 0 Å². The van der Waals surface area contributed by atoms with Gasteiger partial charge < -0.3 is 0 Å². The number of pyridine rings is 1. The summed E-state index contributed by atoms with van der Waals surface area (Å²) in [7, 11) is 0. The monoisotopic (exact) mass is 269 g/mol. The van der Waals surface area contributed by atoms with E-state index in [9.17, 15) is 0 Å². The maximum atomic E-state index is 5.90. The Morgan fingerprint density at radius 3 is 2.64 bits per heavy atom. The van der Waals surface area contributed by atoms with Crippen molar-refractivity contribution in [3.63, 3.8) is 0 Å². The van der Waals surface area contributed by atoms with E-state index in [1.807, 2.05) is 19.1 Å². The summed E-state index contributed by atoms with van der Waals surface area (Å²) >= 11 is 9.40. The summed E-state index contributed by atoms with van der Waals surface area (Å²) in [6.45, 7) is 4.11. The molecule has 0 radical (unpaired) electrons. The molecule has 0 aliphatic heterocycles. The molecule has 0 N–H and O–H groups in total. The lowest BCUT2D eigenvalue weighted by atomic mass is 10.1. The van der Waals surface area contributed by atoms with Crippen LogP contribution in [0, 0.1) is 13.8 Å². The normalized spacial score (nSPS) is 10.9. The Bertz CT molecular complexity index is 461. The number of benzene rings is 1. The van der Waals surface area contributed by atoms with Gasteiger partial charge in [0.15, 0.2) is 0 Å². The lowest BCUT2D eigenvalue weighted by Gasteiger charge is -2.05. The minimum Gasteiger partial charge on any atom is -0.235 e. The molecule has 0 amide bonds. The van der Waals surface area contributed by atoms with Gasteiger partial charge in [0.05, 0.1) is 5.52 Å². The zero-order valence-corrected chi connectivity index (χ0v) is 10.3. The van der Waals surface area contributed by atoms with Gasteiger partial charge >= 0.3 is 0 Å². The van der Waals surface area contributed by atoms with Crippen molar-refractivity contribution in [2.45, 2.75) is 13.8 Å². The molecule has 1 heterocycles. The first kappa shape index (κ1) is 9.94. The van der Waals surface area contributed by atoms with E-state index >= 15 is 0 Å². The number of aromatic nitrogens is 1. The van der Waals surface area contributed by atoms with Gasteiger partial charge in [0.2, 0.25) is 0 Å². The van der Waals surface area contributed by atoms with Crippen LogP contribution >= 0.6 is 27.5 Å². The molecular weight excluding hydrogens is 261 g/mol. The van der Waals surface area contributed by atoms with Crippen molar-refractivity contribution in [3.05, 3.63) is 39.0 Å². The second-order valence-electron chi connectivity index (χ2n) is 3.40. The SMILES string of the molecule is Cc1cc(Br)c2nc(Cl)cc(C)c2c1. The molecule has 3 heteroatoms. The van der Waals surface area contributed by atoms with E-state index < -0.39 is 0 Å². The number of halogens is 2. The van der Waals surface area contributed by atoms with E-state index in [1.165, 1.54) is 5.56 Å². The summed E-state index contributed by atoms with van der Waals surface area (Å²) in [4.78, 5) is 4.30. The quantitative estimate of drug-likeness (QED) is 0.652. The number of rotatable bonds is 0. The zero-order valence-electron chi connectivity index (χ0n) is 7.94. The Balaban J connectivity index is 2.94. The molecule has 0 saturated carbocycles. The van der Waals surface area contributed by atoms with Crippen LogP contribution in [0.2, 0.25) is 5.15 Å². The van der Waals surface area contributed by atoms with Gasteiger partial charge in [-0.05, 0) is 59.1 Å². The van der Waals surface area contributed by atoms with Crippen LogP contribution in [0.1, 0.15) is 11.1 Å². The molecule has 1 aromatic carbocycles. The molecule has 0 aliphatic carbocycles. The van der Waals surface area contributed by atoms with E-state index in [0.29, 0.717) is 5.15 Å². The lowest BCUT2D eigenvalue weighted by Crippen LogP contribution is -1.87. The minimum atomic E-state index is 0.541. The van der Waals surface area contributed by atoms with Gasteiger partial charge in [0.25, 0.3) is 0 Å². The van der Waals surface area contributed by atoms with Crippen molar-refractivity contribution in [1.29, 1.82) is 0 Å². The molecular formula is C11H9BrClN. The van der Waals surface area contributed by atoms with Crippen molar-refractivity contribution in [2.75, 3.05) is 0 Å². The topological polar surface area (TPSA) is 12.9 Å². The van der Waals surface area contributed by atoms with Gasteiger partial charge in [-0.1, -0.05) is 11.6 Å². The Labute approximate surface area is 96.2 Å². The summed E-state index contributed by atoms with van der Waals surface area (Å²) in [6.07, 6.45) is 0. The van der Waals surface area contributed by atoms with E-state index in [1.54, 1.807) is 0 Å². The fraction of sp³-hybridized carbons (Fsp3) is 0.182. The van der Waals surface area contributed by atoms with Crippen LogP contribution in [0.5, 0.6) is 0 Å². The van der Waals surface area contributed by atoms with E-state index in [0.717, 1.165) is 20.9 Å². The van der Waals surface area contributed by atoms with Crippen LogP contribution in [-0.2, 0) is 0 Å². The molecule has 0 aliphatic rings. The van der Waals surface area contributed by atoms with Gasteiger partial charge in [0.1, 0.15) is 5.15 Å². The zero-order chi connectivity index (χ0) is 10.3. The molecule has 0 saturated heterocycles. The van der Waals surface area contributed by atoms with Gasteiger partial charge in [-0.2, -0.15) is 0 Å². The number of nitrogens with zero attached hydrogens (tertiary/aromatic N) is 1. The fourth-order valence-corrected chi connectivity index (χ4v) is 2.46. The standard InChI is InChI=1S/C11H9BrClN/c1-6-3-8-7(2)5-10(13)14-11(8)9(12)4-6/h3-5H,1-2H3. The molecule has 2 rings (SSSR count). The van der Waals surface area contributed by atoms with Crippen molar-refractivity contribution in [1.82, 2.24) is 4.98 Å². The predicted molar refractivity (Wildman–Crippen MR) is 63.9 cm³/mol. The van der Waals surface area contributed by atoms with Gasteiger partial charge in [-0.15, -0.1) is 0 Å². The molecule has 1 nitrogen and oxygen atoms in total.